The van der Waals surface area contributed by atoms with E-state index in [0.29, 0.717) is 22.9 Å². The first-order valence-corrected chi connectivity index (χ1v) is 7.77. The van der Waals surface area contributed by atoms with E-state index in [-0.39, 0.29) is 23.0 Å². The van der Waals surface area contributed by atoms with Gasteiger partial charge >= 0.3 is 0 Å². The Morgan fingerprint density at radius 1 is 1.12 bits per heavy atom. The molecule has 0 radical (unpaired) electrons. The first kappa shape index (κ1) is 16.3. The topological polar surface area (TPSA) is 93.4 Å². The van der Waals surface area contributed by atoms with E-state index < -0.39 is 11.6 Å². The normalized spacial score (nSPS) is 11.0. The number of H-pyrrole nitrogens is 1. The van der Waals surface area contributed by atoms with E-state index in [1.54, 1.807) is 18.2 Å². The second-order valence-corrected chi connectivity index (χ2v) is 5.64. The number of rotatable bonds is 4. The van der Waals surface area contributed by atoms with E-state index >= 15 is 0 Å². The van der Waals surface area contributed by atoms with Crippen molar-refractivity contribution in [2.45, 2.75) is 6.42 Å². The van der Waals surface area contributed by atoms with Crippen LogP contribution < -0.4 is 0 Å². The lowest BCUT2D eigenvalue weighted by atomic mass is 10.1. The summed E-state index contributed by atoms with van der Waals surface area (Å²) in [6.45, 7) is 0. The summed E-state index contributed by atoms with van der Waals surface area (Å²) < 4.78 is 32.8. The standard InChI is InChI=1S/C16H9ClF2N6O/c17-14-10(18)7-20-15(22-14)9-3-1-2-8(13(9)19)6-12-21-16(24-23-12)11-4-5-26-25-11/h1-5,7H,6H2,(H,21,23,24). The fourth-order valence-electron chi connectivity index (χ4n) is 2.36. The van der Waals surface area contributed by atoms with Gasteiger partial charge in [-0.15, -0.1) is 0 Å². The predicted octanol–water partition coefficient (Wildman–Crippen LogP) is 3.44. The molecule has 26 heavy (non-hydrogen) atoms. The van der Waals surface area contributed by atoms with Gasteiger partial charge in [-0.3, -0.25) is 5.10 Å². The Hall–Kier alpha value is -3.20. The first-order chi connectivity index (χ1) is 12.6. The first-order valence-electron chi connectivity index (χ1n) is 7.39. The molecule has 0 aliphatic heterocycles. The summed E-state index contributed by atoms with van der Waals surface area (Å²) in [4.78, 5) is 11.8. The number of halogens is 3. The molecular formula is C16H9ClF2N6O. The molecule has 0 bridgehead atoms. The Balaban J connectivity index is 1.65. The number of aromatic nitrogens is 6. The van der Waals surface area contributed by atoms with Crippen LogP contribution in [0.25, 0.3) is 22.9 Å². The molecule has 1 aromatic carbocycles. The number of nitrogens with zero attached hydrogens (tertiary/aromatic N) is 5. The van der Waals surface area contributed by atoms with Gasteiger partial charge in [0.15, 0.2) is 22.5 Å². The summed E-state index contributed by atoms with van der Waals surface area (Å²) in [6, 6.07) is 6.35. The number of hydrogen-bond acceptors (Lipinski definition) is 6. The lowest BCUT2D eigenvalue weighted by Crippen LogP contribution is -2.00. The Bertz CT molecular complexity index is 1070. The fraction of sp³-hybridized carbons (Fsp3) is 0.0625. The molecule has 0 spiro atoms. The quantitative estimate of drug-likeness (QED) is 0.550. The van der Waals surface area contributed by atoms with Crippen molar-refractivity contribution in [2.24, 2.45) is 0 Å². The highest BCUT2D eigenvalue weighted by Crippen LogP contribution is 2.25. The van der Waals surface area contributed by atoms with Crippen LogP contribution in [-0.2, 0) is 6.42 Å². The van der Waals surface area contributed by atoms with Crippen molar-refractivity contribution in [3.8, 4) is 22.9 Å². The van der Waals surface area contributed by atoms with Crippen LogP contribution in [0.1, 0.15) is 11.4 Å². The van der Waals surface area contributed by atoms with Gasteiger partial charge in [-0.05, 0) is 11.6 Å². The molecule has 0 amide bonds. The van der Waals surface area contributed by atoms with Crippen LogP contribution in [-0.4, -0.2) is 30.3 Å². The summed E-state index contributed by atoms with van der Waals surface area (Å²) in [5.41, 5.74) is 0.922. The van der Waals surface area contributed by atoms with Crippen LogP contribution in [0.2, 0.25) is 5.15 Å². The zero-order valence-corrected chi connectivity index (χ0v) is 13.7. The third kappa shape index (κ3) is 3.04. The molecule has 0 saturated heterocycles. The third-order valence-corrected chi connectivity index (χ3v) is 3.84. The van der Waals surface area contributed by atoms with Gasteiger partial charge in [0.1, 0.15) is 17.9 Å². The maximum Gasteiger partial charge on any atom is 0.203 e. The zero-order valence-electron chi connectivity index (χ0n) is 12.9. The van der Waals surface area contributed by atoms with Crippen LogP contribution in [0.4, 0.5) is 8.78 Å². The van der Waals surface area contributed by atoms with E-state index in [1.165, 1.54) is 12.3 Å². The molecule has 4 aromatic rings. The molecule has 130 valence electrons. The second kappa shape index (κ2) is 6.60. The second-order valence-electron chi connectivity index (χ2n) is 5.28. The monoisotopic (exact) mass is 374 g/mol. The fourth-order valence-corrected chi connectivity index (χ4v) is 2.49. The summed E-state index contributed by atoms with van der Waals surface area (Å²) >= 11 is 5.65. The van der Waals surface area contributed by atoms with E-state index in [9.17, 15) is 8.78 Å². The van der Waals surface area contributed by atoms with Gasteiger partial charge < -0.3 is 4.52 Å². The molecule has 0 aliphatic carbocycles. The number of benzene rings is 1. The van der Waals surface area contributed by atoms with E-state index in [2.05, 4.69) is 30.3 Å². The van der Waals surface area contributed by atoms with Gasteiger partial charge in [-0.2, -0.15) is 5.10 Å². The van der Waals surface area contributed by atoms with Crippen LogP contribution in [0, 0.1) is 11.6 Å². The zero-order chi connectivity index (χ0) is 18.1. The summed E-state index contributed by atoms with van der Waals surface area (Å²) in [5.74, 6) is -0.531. The highest BCUT2D eigenvalue weighted by atomic mass is 35.5. The Kier molecular flexibility index (Phi) is 4.13. The Morgan fingerprint density at radius 3 is 2.77 bits per heavy atom. The highest BCUT2D eigenvalue weighted by molar-refractivity contribution is 6.29. The summed E-state index contributed by atoms with van der Waals surface area (Å²) in [7, 11) is 0. The average molecular weight is 375 g/mol. The molecule has 0 aliphatic rings. The van der Waals surface area contributed by atoms with Crippen molar-refractivity contribution in [2.75, 3.05) is 0 Å². The summed E-state index contributed by atoms with van der Waals surface area (Å²) in [6.07, 6.45) is 2.46. The molecule has 0 atom stereocenters. The van der Waals surface area contributed by atoms with Gasteiger partial charge in [-0.1, -0.05) is 28.9 Å². The smallest absolute Gasteiger partial charge is 0.203 e. The molecule has 3 heterocycles. The minimum atomic E-state index is -0.769. The van der Waals surface area contributed by atoms with Crippen molar-refractivity contribution >= 4 is 11.6 Å². The maximum atomic E-state index is 14.9. The van der Waals surface area contributed by atoms with E-state index in [1.807, 2.05) is 0 Å². The van der Waals surface area contributed by atoms with Crippen molar-refractivity contribution in [3.63, 3.8) is 0 Å². The molecular weight excluding hydrogens is 366 g/mol. The number of nitrogens with one attached hydrogen (secondary N) is 1. The molecule has 7 nitrogen and oxygen atoms in total. The minimum Gasteiger partial charge on any atom is -0.364 e. The van der Waals surface area contributed by atoms with E-state index in [4.69, 9.17) is 16.1 Å². The lowest BCUT2D eigenvalue weighted by molar-refractivity contribution is 0.422. The number of aromatic amines is 1. The predicted molar refractivity (Wildman–Crippen MR) is 87.1 cm³/mol. The molecule has 0 unspecified atom stereocenters. The van der Waals surface area contributed by atoms with Crippen molar-refractivity contribution in [1.29, 1.82) is 0 Å². The largest absolute Gasteiger partial charge is 0.364 e. The van der Waals surface area contributed by atoms with E-state index in [0.717, 1.165) is 6.20 Å². The van der Waals surface area contributed by atoms with Gasteiger partial charge in [0.25, 0.3) is 0 Å². The molecule has 3 aromatic heterocycles. The SMILES string of the molecule is Fc1cnc(-c2cccc(Cc3nc(-c4ccon4)n[nH]3)c2F)nc1Cl. The molecule has 4 rings (SSSR count). The molecule has 0 saturated carbocycles. The molecule has 0 fully saturated rings. The van der Waals surface area contributed by atoms with Gasteiger partial charge in [-0.25, -0.2) is 23.7 Å². The van der Waals surface area contributed by atoms with Gasteiger partial charge in [0.2, 0.25) is 5.82 Å². The lowest BCUT2D eigenvalue weighted by Gasteiger charge is -2.06. The Labute approximate surface area is 150 Å². The average Bonchev–Trinajstić information content (AvgIpc) is 3.31. The van der Waals surface area contributed by atoms with Crippen LogP contribution >= 0.6 is 11.6 Å². The number of hydrogen-bond donors (Lipinski definition) is 1. The highest BCUT2D eigenvalue weighted by Gasteiger charge is 2.16. The Morgan fingerprint density at radius 2 is 2.00 bits per heavy atom. The van der Waals surface area contributed by atoms with Crippen molar-refractivity contribution < 1.29 is 13.3 Å². The van der Waals surface area contributed by atoms with Crippen LogP contribution in [0.5, 0.6) is 0 Å². The van der Waals surface area contributed by atoms with Gasteiger partial charge in [0.05, 0.1) is 11.8 Å². The van der Waals surface area contributed by atoms with Crippen molar-refractivity contribution in [1.82, 2.24) is 30.3 Å². The van der Waals surface area contributed by atoms with Crippen molar-refractivity contribution in [3.05, 3.63) is 64.9 Å². The molecule has 1 N–H and O–H groups in total. The van der Waals surface area contributed by atoms with Crippen LogP contribution in [0.3, 0.4) is 0 Å². The molecule has 10 heteroatoms. The third-order valence-electron chi connectivity index (χ3n) is 3.58. The minimum absolute atomic E-state index is 0.00314. The maximum absolute atomic E-state index is 14.9. The van der Waals surface area contributed by atoms with Gasteiger partial charge in [0, 0.05) is 12.5 Å². The van der Waals surface area contributed by atoms with Crippen LogP contribution in [0.15, 0.2) is 41.2 Å². The summed E-state index contributed by atoms with van der Waals surface area (Å²) in [5, 5.41) is 10.1.